The van der Waals surface area contributed by atoms with Crippen molar-refractivity contribution >= 4 is 27.4 Å². The summed E-state index contributed by atoms with van der Waals surface area (Å²) in [6.07, 6.45) is -2.74. The minimum absolute atomic E-state index is 0.0973. The molecule has 1 aliphatic rings. The van der Waals surface area contributed by atoms with Crippen LogP contribution in [0.2, 0.25) is 5.02 Å². The molecule has 0 aliphatic carbocycles. The van der Waals surface area contributed by atoms with Crippen molar-refractivity contribution in [1.29, 1.82) is 0 Å². The number of halogens is 4. The van der Waals surface area contributed by atoms with Gasteiger partial charge in [-0.2, -0.15) is 17.5 Å². The fourth-order valence-electron chi connectivity index (χ4n) is 4.27. The Kier molecular flexibility index (Phi) is 8.26. The maximum atomic E-state index is 13.1. The fraction of sp³-hybridized carbons (Fsp3) is 0.296. The van der Waals surface area contributed by atoms with E-state index in [1.54, 1.807) is 18.2 Å². The Labute approximate surface area is 218 Å². The molecular formula is C27H25ClF3NO4S. The van der Waals surface area contributed by atoms with E-state index in [0.29, 0.717) is 35.6 Å². The van der Waals surface area contributed by atoms with Gasteiger partial charge < -0.3 is 4.74 Å². The van der Waals surface area contributed by atoms with Crippen LogP contribution < -0.4 is 4.74 Å². The molecule has 1 aliphatic heterocycles. The fourth-order valence-corrected chi connectivity index (χ4v) is 6.08. The summed E-state index contributed by atoms with van der Waals surface area (Å²) in [5, 5.41) is 0.429. The highest BCUT2D eigenvalue weighted by Crippen LogP contribution is 2.30. The summed E-state index contributed by atoms with van der Waals surface area (Å²) >= 11 is 5.87. The molecule has 1 atom stereocenters. The largest absolute Gasteiger partial charge is 0.489 e. The van der Waals surface area contributed by atoms with E-state index < -0.39 is 27.8 Å². The molecule has 1 saturated heterocycles. The highest BCUT2D eigenvalue weighted by Gasteiger charge is 2.38. The molecule has 0 unspecified atom stereocenters. The first-order valence-corrected chi connectivity index (χ1v) is 13.5. The van der Waals surface area contributed by atoms with Crippen LogP contribution in [0.25, 0.3) is 0 Å². The van der Waals surface area contributed by atoms with Gasteiger partial charge in [0.05, 0.1) is 16.5 Å². The van der Waals surface area contributed by atoms with E-state index in [2.05, 4.69) is 0 Å². The van der Waals surface area contributed by atoms with Gasteiger partial charge in [0.15, 0.2) is 5.78 Å². The third-order valence-electron chi connectivity index (χ3n) is 6.24. The molecule has 0 saturated carbocycles. The lowest BCUT2D eigenvalue weighted by Gasteiger charge is -2.23. The quantitative estimate of drug-likeness (QED) is 0.313. The molecule has 0 bridgehead atoms. The molecular weight excluding hydrogens is 527 g/mol. The minimum Gasteiger partial charge on any atom is -0.489 e. The third-order valence-corrected chi connectivity index (χ3v) is 8.42. The number of rotatable bonds is 9. The van der Waals surface area contributed by atoms with Gasteiger partial charge in [0, 0.05) is 18.0 Å². The first-order valence-electron chi connectivity index (χ1n) is 11.7. The number of nitrogens with zero attached hydrogens (tertiary/aromatic N) is 1. The summed E-state index contributed by atoms with van der Waals surface area (Å²) in [6, 6.07) is 17.1. The van der Waals surface area contributed by atoms with Gasteiger partial charge in [0.2, 0.25) is 10.0 Å². The van der Waals surface area contributed by atoms with E-state index in [-0.39, 0.29) is 30.3 Å². The first-order chi connectivity index (χ1) is 17.5. The zero-order chi connectivity index (χ0) is 26.6. The second-order valence-corrected chi connectivity index (χ2v) is 11.2. The number of carbonyl (C=O) groups is 1. The Hall–Kier alpha value is -2.88. The van der Waals surface area contributed by atoms with Gasteiger partial charge in [-0.05, 0) is 78.9 Å². The van der Waals surface area contributed by atoms with Crippen LogP contribution in [0.4, 0.5) is 13.2 Å². The Morgan fingerprint density at radius 1 is 1.00 bits per heavy atom. The van der Waals surface area contributed by atoms with E-state index in [1.807, 2.05) is 6.07 Å². The SMILES string of the molecule is O=C(CCc1cccc(OCc2ccc(C(F)(F)F)cc2)c1)[C@@H]1CCCN1S(=O)(=O)c1ccc(Cl)cc1. The van der Waals surface area contributed by atoms with Gasteiger partial charge in [0.1, 0.15) is 12.4 Å². The predicted octanol–water partition coefficient (Wildman–Crippen LogP) is 6.29. The molecule has 37 heavy (non-hydrogen) atoms. The van der Waals surface area contributed by atoms with Gasteiger partial charge in [-0.3, -0.25) is 4.79 Å². The van der Waals surface area contributed by atoms with Crippen molar-refractivity contribution in [2.45, 2.75) is 49.4 Å². The Morgan fingerprint density at radius 3 is 2.38 bits per heavy atom. The van der Waals surface area contributed by atoms with Crippen LogP contribution in [-0.4, -0.2) is 31.1 Å². The molecule has 0 amide bonds. The highest BCUT2D eigenvalue weighted by atomic mass is 35.5. The minimum atomic E-state index is -4.39. The van der Waals surface area contributed by atoms with E-state index in [4.69, 9.17) is 16.3 Å². The molecule has 196 valence electrons. The lowest BCUT2D eigenvalue weighted by molar-refractivity contribution is -0.137. The van der Waals surface area contributed by atoms with Crippen LogP contribution >= 0.6 is 11.6 Å². The molecule has 5 nitrogen and oxygen atoms in total. The monoisotopic (exact) mass is 551 g/mol. The standard InChI is InChI=1S/C27H25ClF3NO4S/c28-22-11-13-24(14-12-22)37(34,35)32-16-2-5-25(32)26(33)15-8-19-3-1-4-23(17-19)36-18-20-6-9-21(10-7-20)27(29,30)31/h1,3-4,6-7,9-14,17,25H,2,5,8,15-16,18H2/t25-/m0/s1. The number of hydrogen-bond donors (Lipinski definition) is 0. The molecule has 0 radical (unpaired) electrons. The summed E-state index contributed by atoms with van der Waals surface area (Å²) in [7, 11) is -3.81. The van der Waals surface area contributed by atoms with Crippen LogP contribution in [0.1, 0.15) is 36.0 Å². The van der Waals surface area contributed by atoms with Crippen LogP contribution in [0, 0.1) is 0 Å². The Bertz CT molecular complexity index is 1340. The molecule has 3 aromatic rings. The van der Waals surface area contributed by atoms with E-state index >= 15 is 0 Å². The summed E-state index contributed by atoms with van der Waals surface area (Å²) in [6.45, 7) is 0.384. The molecule has 3 aromatic carbocycles. The number of alkyl halides is 3. The van der Waals surface area contributed by atoms with Crippen molar-refractivity contribution < 1.29 is 31.1 Å². The molecule has 4 rings (SSSR count). The van der Waals surface area contributed by atoms with Crippen LogP contribution in [-0.2, 0) is 34.0 Å². The maximum absolute atomic E-state index is 13.1. The van der Waals surface area contributed by atoms with Gasteiger partial charge in [-0.1, -0.05) is 35.9 Å². The zero-order valence-corrected chi connectivity index (χ0v) is 21.3. The first kappa shape index (κ1) is 27.2. The maximum Gasteiger partial charge on any atom is 0.416 e. The van der Waals surface area contributed by atoms with Crippen LogP contribution in [0.15, 0.2) is 77.7 Å². The van der Waals surface area contributed by atoms with Crippen molar-refractivity contribution in [3.63, 3.8) is 0 Å². The van der Waals surface area contributed by atoms with Crippen molar-refractivity contribution in [1.82, 2.24) is 4.31 Å². The van der Waals surface area contributed by atoms with E-state index in [1.165, 1.54) is 40.7 Å². The van der Waals surface area contributed by atoms with Gasteiger partial charge in [-0.25, -0.2) is 8.42 Å². The van der Waals surface area contributed by atoms with Gasteiger partial charge in [-0.15, -0.1) is 0 Å². The average molecular weight is 552 g/mol. The lowest BCUT2D eigenvalue weighted by atomic mass is 10.0. The number of hydrogen-bond acceptors (Lipinski definition) is 4. The molecule has 1 heterocycles. The van der Waals surface area contributed by atoms with Crippen molar-refractivity contribution in [3.05, 3.63) is 94.5 Å². The molecule has 10 heteroatoms. The lowest BCUT2D eigenvalue weighted by Crippen LogP contribution is -2.40. The number of aryl methyl sites for hydroxylation is 1. The summed E-state index contributed by atoms with van der Waals surface area (Å²) in [5.41, 5.74) is 0.713. The second-order valence-electron chi connectivity index (χ2n) is 8.82. The second kappa shape index (κ2) is 11.2. The molecule has 0 aromatic heterocycles. The molecule has 1 fully saturated rings. The Morgan fingerprint density at radius 2 is 1.70 bits per heavy atom. The zero-order valence-electron chi connectivity index (χ0n) is 19.7. The molecule has 0 N–H and O–H groups in total. The Balaban J connectivity index is 1.35. The van der Waals surface area contributed by atoms with Crippen molar-refractivity contribution in [2.75, 3.05) is 6.54 Å². The topological polar surface area (TPSA) is 63.7 Å². The predicted molar refractivity (Wildman–Crippen MR) is 134 cm³/mol. The average Bonchev–Trinajstić information content (AvgIpc) is 3.38. The van der Waals surface area contributed by atoms with Gasteiger partial charge in [0.25, 0.3) is 0 Å². The van der Waals surface area contributed by atoms with Crippen molar-refractivity contribution in [3.8, 4) is 5.75 Å². The van der Waals surface area contributed by atoms with Crippen LogP contribution in [0.3, 0.4) is 0 Å². The normalized spacial score (nSPS) is 16.6. The number of sulfonamides is 1. The number of ether oxygens (including phenoxy) is 1. The van der Waals surface area contributed by atoms with Crippen molar-refractivity contribution in [2.24, 2.45) is 0 Å². The molecule has 0 spiro atoms. The highest BCUT2D eigenvalue weighted by molar-refractivity contribution is 7.89. The summed E-state index contributed by atoms with van der Waals surface area (Å²) in [4.78, 5) is 13.1. The number of carbonyl (C=O) groups excluding carboxylic acids is 1. The summed E-state index contributed by atoms with van der Waals surface area (Å²) in [5.74, 6) is 0.378. The number of ketones is 1. The third kappa shape index (κ3) is 6.71. The van der Waals surface area contributed by atoms with Crippen LogP contribution in [0.5, 0.6) is 5.75 Å². The number of benzene rings is 3. The number of Topliss-reactive ketones (excluding diaryl/α,β-unsaturated/α-hetero) is 1. The smallest absolute Gasteiger partial charge is 0.416 e. The van der Waals surface area contributed by atoms with E-state index in [9.17, 15) is 26.4 Å². The van der Waals surface area contributed by atoms with Gasteiger partial charge >= 0.3 is 6.18 Å². The summed E-state index contributed by atoms with van der Waals surface area (Å²) < 4.78 is 71.4. The van der Waals surface area contributed by atoms with E-state index in [0.717, 1.165) is 17.7 Å².